The van der Waals surface area contributed by atoms with Crippen LogP contribution in [0.2, 0.25) is 0 Å². The zero-order chi connectivity index (χ0) is 96.0. The van der Waals surface area contributed by atoms with Crippen LogP contribution in [0, 0.1) is 22.7 Å². The summed E-state index contributed by atoms with van der Waals surface area (Å²) in [5.74, 6) is -14.8. The number of methoxy groups -OCH3 is 2. The number of likely N-dealkylation sites (N-methyl/N-ethyl adjacent to an activating group) is 1. The first-order chi connectivity index (χ1) is 63.4. The number of nitrogens with one attached hydrogen (secondary N) is 11. The van der Waals surface area contributed by atoms with E-state index in [1.807, 2.05) is 59.4 Å². The number of aromatic amines is 2. The van der Waals surface area contributed by atoms with Crippen LogP contribution in [0.3, 0.4) is 0 Å². The van der Waals surface area contributed by atoms with Crippen molar-refractivity contribution in [3.05, 3.63) is 124 Å². The summed E-state index contributed by atoms with van der Waals surface area (Å²) >= 11 is 0.384. The number of carboxylic acids is 5. The van der Waals surface area contributed by atoms with Crippen molar-refractivity contribution in [2.45, 2.75) is 151 Å². The number of benzene rings is 3. The molecule has 6 aliphatic rings. The number of aliphatic hydroxyl groups is 2. The predicted molar refractivity (Wildman–Crippen MR) is 480 cm³/mol. The lowest BCUT2D eigenvalue weighted by Crippen LogP contribution is -2.80. The van der Waals surface area contributed by atoms with E-state index in [4.69, 9.17) is 24.2 Å². The Balaban J connectivity index is 0.543. The molecule has 3 saturated heterocycles. The predicted octanol–water partition coefficient (Wildman–Crippen LogP) is -0.174. The number of likely N-dealkylation sites (tertiary alicyclic amines) is 1. The van der Waals surface area contributed by atoms with Gasteiger partial charge in [0.15, 0.2) is 11.2 Å². The minimum atomic E-state index is -2.07. The highest BCUT2D eigenvalue weighted by molar-refractivity contribution is 8.75. The molecule has 1 aliphatic carbocycles. The van der Waals surface area contributed by atoms with Gasteiger partial charge in [-0.25, -0.2) is 44.2 Å². The molecule has 718 valence electrons. The molecule has 12 rings (SSSR count). The van der Waals surface area contributed by atoms with E-state index in [0.717, 1.165) is 48.3 Å². The fourth-order valence-corrected chi connectivity index (χ4v) is 21.1. The number of hydrogen-bond donors (Lipinski definition) is 19. The van der Waals surface area contributed by atoms with Crippen LogP contribution in [0.1, 0.15) is 105 Å². The second kappa shape index (κ2) is 43.6. The number of aliphatic hydroxyl groups excluding tert-OH is 1. The number of rotatable bonds is 45. The maximum atomic E-state index is 14.3. The Morgan fingerprint density at radius 2 is 1.39 bits per heavy atom. The lowest BCUT2D eigenvalue weighted by molar-refractivity contribution is -0.228. The van der Waals surface area contributed by atoms with Crippen molar-refractivity contribution in [2.75, 3.05) is 128 Å². The Hall–Kier alpha value is -12.3. The van der Waals surface area contributed by atoms with E-state index < -0.39 is 186 Å². The van der Waals surface area contributed by atoms with Crippen molar-refractivity contribution >= 4 is 139 Å². The van der Waals surface area contributed by atoms with Crippen molar-refractivity contribution in [1.29, 1.82) is 0 Å². The minimum Gasteiger partial charge on any atom is -0.496 e. The second-order valence-electron chi connectivity index (χ2n) is 34.9. The van der Waals surface area contributed by atoms with Gasteiger partial charge in [-0.15, -0.1) is 5.59 Å². The van der Waals surface area contributed by atoms with E-state index in [0.29, 0.717) is 91.0 Å². The van der Waals surface area contributed by atoms with E-state index in [1.54, 1.807) is 12.0 Å². The normalized spacial score (nSPS) is 22.2. The number of aromatic nitrogens is 5. The number of carboxylic acid groups (broad SMARTS) is 5. The third kappa shape index (κ3) is 23.6. The Kier molecular flexibility index (Phi) is 32.6. The van der Waals surface area contributed by atoms with E-state index in [1.165, 1.54) is 48.5 Å². The summed E-state index contributed by atoms with van der Waals surface area (Å²) in [5.41, 5.74) is 11.2. The highest BCUT2D eigenvalue weighted by Crippen LogP contribution is 2.67. The maximum absolute atomic E-state index is 14.3. The average Bonchev–Trinajstić information content (AvgIpc) is 1.49. The number of piperazine rings is 1. The number of nitrogen functional groups attached to an aromatic ring is 1. The van der Waals surface area contributed by atoms with E-state index >= 15 is 0 Å². The molecule has 3 aromatic heterocycles. The highest BCUT2D eigenvalue weighted by atomic mass is 33.1. The number of amides is 7. The fraction of sp³-hybridized carbons (Fsp3) is 0.523. The van der Waals surface area contributed by atoms with Crippen LogP contribution < -0.4 is 69.2 Å². The Labute approximate surface area is 769 Å². The topological polar surface area (TPSA) is 638 Å². The number of ether oxygens (including phenoxy) is 2. The van der Waals surface area contributed by atoms with Gasteiger partial charge in [0.25, 0.3) is 11.5 Å². The molecule has 13 atom stereocenters. The van der Waals surface area contributed by atoms with Crippen molar-refractivity contribution < 1.29 is 117 Å². The largest absolute Gasteiger partial charge is 0.496 e. The molecule has 1 spiro atoms. The van der Waals surface area contributed by atoms with Gasteiger partial charge in [-0.05, 0) is 120 Å². The molecular formula is C86H112N20O25S2. The van der Waals surface area contributed by atoms with Crippen molar-refractivity contribution in [1.82, 2.24) is 87.4 Å². The number of hydrazine groups is 1. The van der Waals surface area contributed by atoms with Gasteiger partial charge in [0, 0.05) is 142 Å². The van der Waals surface area contributed by atoms with Gasteiger partial charge in [-0.1, -0.05) is 51.1 Å². The quantitative estimate of drug-likeness (QED) is 0.00589. The Morgan fingerprint density at radius 1 is 0.737 bits per heavy atom. The Bertz CT molecular complexity index is 5430. The van der Waals surface area contributed by atoms with Crippen molar-refractivity contribution in [2.24, 2.45) is 22.7 Å². The molecule has 0 bridgehead atoms. The fourth-order valence-electron chi connectivity index (χ4n) is 19.6. The van der Waals surface area contributed by atoms with E-state index in [-0.39, 0.29) is 85.3 Å². The first kappa shape index (κ1) is 99.7. The lowest BCUT2D eigenvalue weighted by atomic mass is 9.48. The van der Waals surface area contributed by atoms with Gasteiger partial charge in [-0.3, -0.25) is 62.9 Å². The third-order valence-electron chi connectivity index (χ3n) is 25.6. The summed E-state index contributed by atoms with van der Waals surface area (Å²) in [6, 6.07) is 8.06. The summed E-state index contributed by atoms with van der Waals surface area (Å²) in [6.07, 6.45) is 3.97. The molecule has 7 amide bonds. The zero-order valence-electron chi connectivity index (χ0n) is 74.0. The number of esters is 1. The highest BCUT2D eigenvalue weighted by Gasteiger charge is 2.77. The number of H-pyrrole nitrogens is 2. The zero-order valence-corrected chi connectivity index (χ0v) is 75.6. The standard InChI is InChI=1S/C86H112N20O25S2/c1-7-84-20-10-23-106-25-21-85(78(84)106)54-32-48(31-53(77(124)129-6)49-37-83(2,3)44-105(41-49)24-19-47-38-90-55-12-9-8-11-52(47)55)62(128-5)36-61(54)102(4)79(85)86(127,80(84)125)45-130-101-100-82(126)131-133-132-43-60(76(122)123)96-66(110)34-58(74(118)119)94-65(109)35-59(75(120)121)95-67(111)42-104-29-27-103(28-30-104)26-22-88-64(108)33-57(73(116)117)93-63(107)18-17-56(72(114)115)97-70(112)46-13-15-50(16-14-46)89-39-51-40-91-69-68(92-51)71(113)99-81(87)98-69/h8-16,20,32,36,38,40,49,53,56-60,78-80,89-90,101,125,127H,7,17-19,21-31,33-35,37,39,41-45H2,1-6H3,(H,88,108)(H,93,107)(H,94,109)(H,95,111)(H,96,110)(H,97,112)(H,100,126)(H,114,115)(H,116,117)(H,118,119)(H,120,121)(H,122,123)(H3,87,91,98,99,113)/t49?,53-,56-,57-,58-,59-,60-,78?,79?,80+,84+,85?,86-/m0/s1. The number of fused-ring (bicyclic) bond motifs is 3. The third-order valence-corrected chi connectivity index (χ3v) is 27.3. The summed E-state index contributed by atoms with van der Waals surface area (Å²) < 4.78 is 17.0. The molecule has 1 saturated carbocycles. The summed E-state index contributed by atoms with van der Waals surface area (Å²) in [5, 5.41) is 93.7. The summed E-state index contributed by atoms with van der Waals surface area (Å²) in [7, 11) is 5.49. The van der Waals surface area contributed by atoms with Crippen molar-refractivity contribution in [3.63, 3.8) is 0 Å². The summed E-state index contributed by atoms with van der Waals surface area (Å²) in [6.45, 7) is 10.6. The number of hydrogen-bond acceptors (Lipinski definition) is 33. The van der Waals surface area contributed by atoms with Crippen LogP contribution in [-0.2, 0) is 91.3 Å². The van der Waals surface area contributed by atoms with Gasteiger partial charge < -0.3 is 107 Å². The number of para-hydroxylation sites is 1. The van der Waals surface area contributed by atoms with Gasteiger partial charge in [0.1, 0.15) is 59.2 Å². The molecule has 4 fully saturated rings. The molecular weight excluding hydrogens is 1780 g/mol. The molecule has 8 heterocycles. The molecule has 3 aromatic carbocycles. The lowest BCUT2D eigenvalue weighted by Gasteiger charge is -2.64. The molecule has 45 nitrogen and oxygen atoms in total. The molecule has 0 radical (unpaired) electrons. The molecule has 6 aromatic rings. The number of nitrogens with two attached hydrogens (primary N) is 1. The number of aliphatic carboxylic acids is 5. The second-order valence-corrected chi connectivity index (χ2v) is 36.9. The van der Waals surface area contributed by atoms with Crippen LogP contribution in [0.5, 0.6) is 5.75 Å². The molecule has 47 heteroatoms. The first-order valence-electron chi connectivity index (χ1n) is 43.3. The number of nitrogens with zero attached hydrogens (tertiary/aromatic N) is 8. The summed E-state index contributed by atoms with van der Waals surface area (Å²) in [4.78, 5) is 213. The van der Waals surface area contributed by atoms with Crippen LogP contribution in [0.15, 0.2) is 90.0 Å². The van der Waals surface area contributed by atoms with E-state index in [2.05, 4.69) is 116 Å². The van der Waals surface area contributed by atoms with Gasteiger partial charge in [0.05, 0.1) is 76.5 Å². The van der Waals surface area contributed by atoms with Crippen LogP contribution in [0.4, 0.5) is 22.1 Å². The molecule has 20 N–H and O–H groups in total. The molecule has 4 unspecified atom stereocenters. The van der Waals surface area contributed by atoms with Gasteiger partial charge >= 0.3 is 41.9 Å². The number of carbonyl (C=O) groups excluding carboxylic acids is 8. The number of piperidine rings is 1. The van der Waals surface area contributed by atoms with Crippen LogP contribution in [0.25, 0.3) is 22.1 Å². The van der Waals surface area contributed by atoms with Crippen LogP contribution >= 0.6 is 21.9 Å². The molecule has 133 heavy (non-hydrogen) atoms. The Morgan fingerprint density at radius 3 is 2.06 bits per heavy atom. The average molecular weight is 1890 g/mol. The van der Waals surface area contributed by atoms with Gasteiger partial charge in [-0.2, -0.15) is 4.98 Å². The maximum Gasteiger partial charge on any atom is 0.436 e. The first-order valence-corrected chi connectivity index (χ1v) is 45.5. The van der Waals surface area contributed by atoms with Crippen molar-refractivity contribution in [3.8, 4) is 5.75 Å². The molecule has 5 aliphatic heterocycles. The van der Waals surface area contributed by atoms with Gasteiger partial charge in [0.2, 0.25) is 35.5 Å². The monoisotopic (exact) mass is 1890 g/mol. The SMILES string of the molecule is CC[C@]12C=CCN3CCC4(c5cc(C[C@H](C(=O)OC)C6CN(CCc7c[nH]c8ccccc78)CC(C)(C)C6)c(OC)cc5N(C)C4[C@@](O)(CONNC(=O)OSSC[C@H](NC(=O)C[C@H](NC(=O)C[C@H](NC(=O)CN4CCN(CCNC(=O)C[C@H](NC(=O)CC[C@H](NC(=O)c5ccc(NCc6cnc7nc(N)[nH]c(=O)c7n6)cc5)C(=O)O)C(=O)O)CC4)C(=O)O)C(=O)O)C(=O)O)[C@@H]1O)C32. The van der Waals surface area contributed by atoms with Crippen LogP contribution in [-0.4, -0.2) is 324 Å². The minimum absolute atomic E-state index is 0.0191. The number of carbonyl (C=O) groups is 13. The smallest absolute Gasteiger partial charge is 0.436 e. The van der Waals surface area contributed by atoms with E-state index in [9.17, 15) is 103 Å². The number of anilines is 3.